The molecular formula is C17H30ClNO. The molecule has 0 saturated heterocycles. The number of ether oxygens (including phenoxy) is 1. The molecule has 0 aromatic heterocycles. The molecular weight excluding hydrogens is 270 g/mol. The van der Waals surface area contributed by atoms with E-state index in [2.05, 4.69) is 6.92 Å². The average Bonchev–Trinajstić information content (AvgIpc) is 2.43. The molecule has 1 aromatic rings. The quantitative estimate of drug-likeness (QED) is 0.426. The maximum absolute atomic E-state index is 5.67. The molecule has 0 aliphatic heterocycles. The largest absolute Gasteiger partial charge is 0.494 e. The molecule has 1 aromatic carbocycles. The van der Waals surface area contributed by atoms with Gasteiger partial charge in [-0.05, 0) is 30.7 Å². The molecule has 2 N–H and O–H groups in total. The fraction of sp³-hybridized carbons (Fsp3) is 0.647. The van der Waals surface area contributed by atoms with E-state index in [0.29, 0.717) is 0 Å². The summed E-state index contributed by atoms with van der Waals surface area (Å²) in [5.41, 5.74) is 6.41. The number of nitrogen functional groups attached to an aromatic ring is 1. The zero-order chi connectivity index (χ0) is 13.8. The number of rotatable bonds is 11. The van der Waals surface area contributed by atoms with Gasteiger partial charge in [-0.2, -0.15) is 0 Å². The Balaban J connectivity index is 0.00000361. The smallest absolute Gasteiger partial charge is 0.119 e. The van der Waals surface area contributed by atoms with Gasteiger partial charge in [0.15, 0.2) is 0 Å². The molecule has 0 unspecified atom stereocenters. The van der Waals surface area contributed by atoms with Crippen molar-refractivity contribution in [1.29, 1.82) is 0 Å². The number of hydrogen-bond acceptors (Lipinski definition) is 2. The highest BCUT2D eigenvalue weighted by Crippen LogP contribution is 2.14. The normalized spacial score (nSPS) is 10.1. The lowest BCUT2D eigenvalue weighted by molar-refractivity contribution is 0.304. The standard InChI is InChI=1S/C17H29NO.ClH/c1-2-3-4-5-6-7-8-9-10-15-19-17-13-11-16(18)12-14-17;/h11-14H,2-10,15,18H2,1H3;1H. The van der Waals surface area contributed by atoms with Crippen LogP contribution in [0.5, 0.6) is 5.75 Å². The number of anilines is 1. The Labute approximate surface area is 130 Å². The second-order valence-electron chi connectivity index (χ2n) is 5.25. The number of benzene rings is 1. The van der Waals surface area contributed by atoms with Crippen LogP contribution in [0.1, 0.15) is 64.7 Å². The molecule has 0 radical (unpaired) electrons. The zero-order valence-electron chi connectivity index (χ0n) is 12.8. The van der Waals surface area contributed by atoms with Crippen LogP contribution in [0.15, 0.2) is 24.3 Å². The number of nitrogens with two attached hydrogens (primary N) is 1. The van der Waals surface area contributed by atoms with Crippen molar-refractivity contribution in [3.63, 3.8) is 0 Å². The molecule has 116 valence electrons. The zero-order valence-corrected chi connectivity index (χ0v) is 13.6. The molecule has 0 saturated carbocycles. The fourth-order valence-electron chi connectivity index (χ4n) is 2.17. The van der Waals surface area contributed by atoms with E-state index in [0.717, 1.165) is 24.5 Å². The predicted molar refractivity (Wildman–Crippen MR) is 90.8 cm³/mol. The number of unbranched alkanes of at least 4 members (excludes halogenated alkanes) is 8. The molecule has 0 bridgehead atoms. The maximum atomic E-state index is 5.67. The molecule has 0 spiro atoms. The lowest BCUT2D eigenvalue weighted by Gasteiger charge is -2.06. The maximum Gasteiger partial charge on any atom is 0.119 e. The van der Waals surface area contributed by atoms with Crippen molar-refractivity contribution < 1.29 is 4.74 Å². The molecule has 0 atom stereocenters. The van der Waals surface area contributed by atoms with Crippen molar-refractivity contribution in [2.75, 3.05) is 12.3 Å². The van der Waals surface area contributed by atoms with Gasteiger partial charge in [0.25, 0.3) is 0 Å². The van der Waals surface area contributed by atoms with Crippen LogP contribution in [0.4, 0.5) is 5.69 Å². The molecule has 0 fully saturated rings. The van der Waals surface area contributed by atoms with Gasteiger partial charge in [0, 0.05) is 5.69 Å². The molecule has 0 aliphatic rings. The Kier molecular flexibility index (Phi) is 12.5. The summed E-state index contributed by atoms with van der Waals surface area (Å²) in [6.45, 7) is 3.08. The van der Waals surface area contributed by atoms with Gasteiger partial charge in [0.05, 0.1) is 6.61 Å². The van der Waals surface area contributed by atoms with Gasteiger partial charge in [-0.15, -0.1) is 12.4 Å². The van der Waals surface area contributed by atoms with E-state index in [-0.39, 0.29) is 12.4 Å². The third-order valence-corrected chi connectivity index (χ3v) is 3.40. The summed E-state index contributed by atoms with van der Waals surface area (Å²) in [5.74, 6) is 0.925. The van der Waals surface area contributed by atoms with Crippen LogP contribution in [0, 0.1) is 0 Å². The van der Waals surface area contributed by atoms with E-state index < -0.39 is 0 Å². The monoisotopic (exact) mass is 299 g/mol. The van der Waals surface area contributed by atoms with Crippen molar-refractivity contribution >= 4 is 18.1 Å². The first kappa shape index (κ1) is 19.1. The van der Waals surface area contributed by atoms with Gasteiger partial charge in [-0.1, -0.05) is 58.3 Å². The lowest BCUT2D eigenvalue weighted by Crippen LogP contribution is -1.97. The summed E-state index contributed by atoms with van der Waals surface area (Å²) < 4.78 is 5.67. The van der Waals surface area contributed by atoms with Crippen molar-refractivity contribution in [2.45, 2.75) is 64.7 Å². The van der Waals surface area contributed by atoms with E-state index in [1.807, 2.05) is 24.3 Å². The third kappa shape index (κ3) is 9.96. The Morgan fingerprint density at radius 3 is 1.85 bits per heavy atom. The minimum Gasteiger partial charge on any atom is -0.494 e. The minimum atomic E-state index is 0. The summed E-state index contributed by atoms with van der Waals surface area (Å²) in [7, 11) is 0. The lowest BCUT2D eigenvalue weighted by atomic mass is 10.1. The molecule has 1 rings (SSSR count). The van der Waals surface area contributed by atoms with Gasteiger partial charge in [0.2, 0.25) is 0 Å². The van der Waals surface area contributed by atoms with Gasteiger partial charge >= 0.3 is 0 Å². The highest BCUT2D eigenvalue weighted by atomic mass is 35.5. The van der Waals surface area contributed by atoms with Crippen LogP contribution in [0.25, 0.3) is 0 Å². The Bertz CT molecular complexity index is 313. The van der Waals surface area contributed by atoms with E-state index in [1.165, 1.54) is 51.4 Å². The number of halogens is 1. The Hall–Kier alpha value is -0.890. The van der Waals surface area contributed by atoms with Crippen LogP contribution in [0.2, 0.25) is 0 Å². The minimum absolute atomic E-state index is 0. The summed E-state index contributed by atoms with van der Waals surface area (Å²) in [6.07, 6.45) is 12.1. The second kappa shape index (κ2) is 13.1. The van der Waals surface area contributed by atoms with Gasteiger partial charge in [-0.3, -0.25) is 0 Å². The highest BCUT2D eigenvalue weighted by Gasteiger charge is 1.95. The topological polar surface area (TPSA) is 35.2 Å². The molecule has 0 heterocycles. The van der Waals surface area contributed by atoms with Crippen LogP contribution >= 0.6 is 12.4 Å². The van der Waals surface area contributed by atoms with Crippen molar-refractivity contribution in [3.8, 4) is 5.75 Å². The average molecular weight is 300 g/mol. The summed E-state index contributed by atoms with van der Waals surface area (Å²) >= 11 is 0. The molecule has 3 heteroatoms. The van der Waals surface area contributed by atoms with E-state index in [4.69, 9.17) is 10.5 Å². The predicted octanol–water partition coefficient (Wildman–Crippen LogP) is 5.60. The summed E-state index contributed by atoms with van der Waals surface area (Å²) in [5, 5.41) is 0. The van der Waals surface area contributed by atoms with Gasteiger partial charge in [0.1, 0.15) is 5.75 Å². The summed E-state index contributed by atoms with van der Waals surface area (Å²) in [4.78, 5) is 0. The van der Waals surface area contributed by atoms with Crippen molar-refractivity contribution in [2.24, 2.45) is 0 Å². The summed E-state index contributed by atoms with van der Waals surface area (Å²) in [6, 6.07) is 7.63. The molecule has 0 aliphatic carbocycles. The second-order valence-corrected chi connectivity index (χ2v) is 5.25. The van der Waals surface area contributed by atoms with Crippen molar-refractivity contribution in [3.05, 3.63) is 24.3 Å². The Morgan fingerprint density at radius 2 is 1.30 bits per heavy atom. The number of hydrogen-bond donors (Lipinski definition) is 1. The first-order valence-corrected chi connectivity index (χ1v) is 7.81. The van der Waals surface area contributed by atoms with Crippen LogP contribution in [0.3, 0.4) is 0 Å². The van der Waals surface area contributed by atoms with E-state index in [1.54, 1.807) is 0 Å². The van der Waals surface area contributed by atoms with E-state index >= 15 is 0 Å². The van der Waals surface area contributed by atoms with Crippen LogP contribution < -0.4 is 10.5 Å². The first-order chi connectivity index (χ1) is 9.33. The molecule has 2 nitrogen and oxygen atoms in total. The molecule has 0 amide bonds. The van der Waals surface area contributed by atoms with Gasteiger partial charge < -0.3 is 10.5 Å². The fourth-order valence-corrected chi connectivity index (χ4v) is 2.17. The molecule has 20 heavy (non-hydrogen) atoms. The highest BCUT2D eigenvalue weighted by molar-refractivity contribution is 5.85. The van der Waals surface area contributed by atoms with E-state index in [9.17, 15) is 0 Å². The SMILES string of the molecule is CCCCCCCCCCCOc1ccc(N)cc1.Cl. The first-order valence-electron chi connectivity index (χ1n) is 7.81. The third-order valence-electron chi connectivity index (χ3n) is 3.40. The van der Waals surface area contributed by atoms with Crippen LogP contribution in [-0.4, -0.2) is 6.61 Å². The van der Waals surface area contributed by atoms with Crippen molar-refractivity contribution in [1.82, 2.24) is 0 Å². The Morgan fingerprint density at radius 1 is 0.800 bits per heavy atom. The van der Waals surface area contributed by atoms with Gasteiger partial charge in [-0.25, -0.2) is 0 Å². The van der Waals surface area contributed by atoms with Crippen LogP contribution in [-0.2, 0) is 0 Å².